The fourth-order valence-electron chi connectivity index (χ4n) is 9.69. The van der Waals surface area contributed by atoms with E-state index >= 15 is 0 Å². The van der Waals surface area contributed by atoms with Crippen molar-refractivity contribution < 1.29 is 0 Å². The fraction of sp³-hybridized carbons (Fsp3) is 0.217. The van der Waals surface area contributed by atoms with Crippen LogP contribution < -0.4 is 0 Å². The Hall–Kier alpha value is -6.30. The smallest absolute Gasteiger partial charge is 0.0558 e. The molecule has 0 saturated heterocycles. The van der Waals surface area contributed by atoms with Crippen LogP contribution in [0.2, 0.25) is 0 Å². The van der Waals surface area contributed by atoms with Crippen molar-refractivity contribution in [3.05, 3.63) is 103 Å². The van der Waals surface area contributed by atoms with Gasteiger partial charge < -0.3 is 0 Å². The molecule has 0 amide bonds. The van der Waals surface area contributed by atoms with Crippen LogP contribution in [0.3, 0.4) is 0 Å². The summed E-state index contributed by atoms with van der Waals surface area (Å²) in [5, 5.41) is 0. The maximum absolute atomic E-state index is 6.38. The monoisotopic (exact) mass is 580 g/mol. The van der Waals surface area contributed by atoms with Gasteiger partial charge in [-0.1, -0.05) is 71.5 Å². The number of terminal acetylenes is 9. The summed E-state index contributed by atoms with van der Waals surface area (Å²) in [6, 6.07) is 11.8. The van der Waals surface area contributed by atoms with Gasteiger partial charge in [0.05, 0.1) is 16.7 Å². The molecule has 4 aliphatic carbocycles. The molecular formula is C46H28. The van der Waals surface area contributed by atoms with Crippen molar-refractivity contribution in [2.75, 3.05) is 0 Å². The van der Waals surface area contributed by atoms with Crippen molar-refractivity contribution in [1.29, 1.82) is 0 Å². The first kappa shape index (κ1) is 29.8. The third kappa shape index (κ3) is 3.67. The molecule has 4 fully saturated rings. The van der Waals surface area contributed by atoms with Gasteiger partial charge in [-0.05, 0) is 84.7 Å². The molecule has 4 aliphatic rings. The van der Waals surface area contributed by atoms with Crippen LogP contribution >= 0.6 is 0 Å². The summed E-state index contributed by atoms with van der Waals surface area (Å²) >= 11 is 0. The van der Waals surface area contributed by atoms with E-state index in [1.54, 1.807) is 0 Å². The molecule has 0 aliphatic heterocycles. The van der Waals surface area contributed by atoms with Crippen LogP contribution in [0, 0.1) is 129 Å². The topological polar surface area (TPSA) is 0 Å². The van der Waals surface area contributed by atoms with Crippen molar-refractivity contribution in [2.24, 2.45) is 17.8 Å². The highest BCUT2D eigenvalue weighted by atomic mass is 14.7. The Bertz CT molecular complexity index is 2140. The van der Waals surface area contributed by atoms with Crippen molar-refractivity contribution in [3.63, 3.8) is 0 Å². The van der Waals surface area contributed by atoms with Crippen molar-refractivity contribution in [1.82, 2.24) is 0 Å². The van der Waals surface area contributed by atoms with Gasteiger partial charge in [0.2, 0.25) is 0 Å². The van der Waals surface area contributed by atoms with E-state index in [0.29, 0.717) is 61.9 Å². The van der Waals surface area contributed by atoms with Crippen molar-refractivity contribution in [3.8, 4) is 111 Å². The zero-order valence-electron chi connectivity index (χ0n) is 25.4. The second kappa shape index (κ2) is 11.0. The third-order valence-electron chi connectivity index (χ3n) is 10.9. The standard InChI is InChI=1S/C46H28/c1-10-32-19-22-42(39(16-7)36(32)13-4)45-28-30-25-31(29-45)27-35(26-30)46(45,43-23-20-33(11-2)37(14-5)40(43)17-8)44-24-21-34(12-3)38(15-6)41(44)18-9/h1-9,19-24,30-31,35H,25-29H2. The van der Waals surface area contributed by atoms with Crippen LogP contribution in [0.1, 0.15) is 98.9 Å². The van der Waals surface area contributed by atoms with Crippen molar-refractivity contribution >= 4 is 0 Å². The maximum Gasteiger partial charge on any atom is 0.0558 e. The van der Waals surface area contributed by atoms with E-state index in [2.05, 4.69) is 59.4 Å². The molecule has 0 spiro atoms. The summed E-state index contributed by atoms with van der Waals surface area (Å²) in [6.07, 6.45) is 60.0. The summed E-state index contributed by atoms with van der Waals surface area (Å²) in [4.78, 5) is 0. The summed E-state index contributed by atoms with van der Waals surface area (Å²) in [7, 11) is 0. The maximum atomic E-state index is 6.38. The normalized spacial score (nSPS) is 22.6. The zero-order chi connectivity index (χ0) is 32.8. The molecule has 3 aromatic carbocycles. The summed E-state index contributed by atoms with van der Waals surface area (Å²) < 4.78 is 0. The van der Waals surface area contributed by atoms with Gasteiger partial charge in [0.25, 0.3) is 0 Å². The molecule has 4 bridgehead atoms. The lowest BCUT2D eigenvalue weighted by Gasteiger charge is -2.69. The van der Waals surface area contributed by atoms with Gasteiger partial charge in [0.15, 0.2) is 0 Å². The molecule has 0 aromatic heterocycles. The molecule has 0 heterocycles. The highest BCUT2D eigenvalue weighted by molar-refractivity contribution is 5.73. The number of rotatable bonds is 3. The zero-order valence-corrected chi connectivity index (χ0v) is 25.4. The Labute approximate surface area is 274 Å². The minimum Gasteiger partial charge on any atom is -0.115 e. The number of hydrogen-bond acceptors (Lipinski definition) is 0. The van der Waals surface area contributed by atoms with Gasteiger partial charge in [-0.3, -0.25) is 0 Å². The van der Waals surface area contributed by atoms with Gasteiger partial charge in [-0.15, -0.1) is 57.8 Å². The molecule has 46 heavy (non-hydrogen) atoms. The fourth-order valence-corrected chi connectivity index (χ4v) is 9.69. The molecule has 2 unspecified atom stereocenters. The van der Waals surface area contributed by atoms with Gasteiger partial charge in [-0.2, -0.15) is 0 Å². The lowest BCUT2D eigenvalue weighted by atomic mass is 9.34. The van der Waals surface area contributed by atoms with E-state index in [9.17, 15) is 0 Å². The molecule has 3 aromatic rings. The lowest BCUT2D eigenvalue weighted by Crippen LogP contribution is -2.66. The van der Waals surface area contributed by atoms with Crippen LogP contribution in [0.15, 0.2) is 36.4 Å². The van der Waals surface area contributed by atoms with Crippen LogP contribution in [-0.2, 0) is 10.8 Å². The van der Waals surface area contributed by atoms with Gasteiger partial charge >= 0.3 is 0 Å². The van der Waals surface area contributed by atoms with Crippen molar-refractivity contribution in [2.45, 2.75) is 42.9 Å². The number of hydrogen-bond donors (Lipinski definition) is 0. The number of benzene rings is 3. The average molecular weight is 581 g/mol. The Balaban J connectivity index is 1.91. The molecular weight excluding hydrogens is 553 g/mol. The average Bonchev–Trinajstić information content (AvgIpc) is 3.09. The van der Waals surface area contributed by atoms with Crippen LogP contribution in [0.25, 0.3) is 0 Å². The molecule has 7 rings (SSSR count). The minimum absolute atomic E-state index is 0.106. The third-order valence-corrected chi connectivity index (χ3v) is 10.9. The Morgan fingerprint density at radius 2 is 0.761 bits per heavy atom. The van der Waals surface area contributed by atoms with E-state index < -0.39 is 10.8 Å². The second-order valence-electron chi connectivity index (χ2n) is 12.5. The van der Waals surface area contributed by atoms with Gasteiger partial charge in [0.1, 0.15) is 0 Å². The first-order valence-electron chi connectivity index (χ1n) is 15.1. The largest absolute Gasteiger partial charge is 0.115 e. The van der Waals surface area contributed by atoms with E-state index in [1.165, 1.54) is 0 Å². The molecule has 0 nitrogen and oxygen atoms in total. The Morgan fingerprint density at radius 1 is 0.413 bits per heavy atom. The van der Waals surface area contributed by atoms with E-state index in [0.717, 1.165) is 48.8 Å². The molecule has 212 valence electrons. The first-order valence-corrected chi connectivity index (χ1v) is 15.1. The van der Waals surface area contributed by atoms with E-state index in [4.69, 9.17) is 57.8 Å². The molecule has 0 N–H and O–H groups in total. The quantitative estimate of drug-likeness (QED) is 0.307. The van der Waals surface area contributed by atoms with Gasteiger partial charge in [0, 0.05) is 44.2 Å². The molecule has 4 saturated carbocycles. The SMILES string of the molecule is C#Cc1ccc(C23CC4CC(CC(C4)C2(c2ccc(C#C)c(C#C)c2C#C)c2ccc(C#C)c(C#C)c2C#C)C3)c(C#C)c1C#C. The minimum atomic E-state index is -0.823. The summed E-state index contributed by atoms with van der Waals surface area (Å²) in [5.74, 6) is 26.5. The van der Waals surface area contributed by atoms with Crippen LogP contribution in [0.5, 0.6) is 0 Å². The summed E-state index contributed by atoms with van der Waals surface area (Å²) in [6.45, 7) is 0. The molecule has 0 radical (unpaired) electrons. The lowest BCUT2D eigenvalue weighted by molar-refractivity contribution is -0.0675. The highest BCUT2D eigenvalue weighted by Crippen LogP contribution is 2.72. The Kier molecular flexibility index (Phi) is 7.12. The van der Waals surface area contributed by atoms with Crippen LogP contribution in [0.4, 0.5) is 0 Å². The van der Waals surface area contributed by atoms with Crippen LogP contribution in [-0.4, -0.2) is 0 Å². The Morgan fingerprint density at radius 3 is 1.11 bits per heavy atom. The predicted octanol–water partition coefficient (Wildman–Crippen LogP) is 6.58. The second-order valence-corrected chi connectivity index (χ2v) is 12.5. The predicted molar refractivity (Wildman–Crippen MR) is 187 cm³/mol. The van der Waals surface area contributed by atoms with Gasteiger partial charge in [-0.25, -0.2) is 0 Å². The molecule has 2 atom stereocenters. The first-order chi connectivity index (χ1) is 22.4. The molecule has 0 heteroatoms. The summed E-state index contributed by atoms with van der Waals surface area (Å²) in [5.41, 5.74) is 6.22. The van der Waals surface area contributed by atoms with E-state index in [-0.39, 0.29) is 5.92 Å². The highest BCUT2D eigenvalue weighted by Gasteiger charge is 2.68. The van der Waals surface area contributed by atoms with E-state index in [1.807, 2.05) is 30.3 Å².